The number of thiophene rings is 1. The van der Waals surface area contributed by atoms with Crippen LogP contribution < -0.4 is 4.74 Å². The lowest BCUT2D eigenvalue weighted by Crippen LogP contribution is -1.82. The Kier molecular flexibility index (Phi) is 1.93. The first kappa shape index (κ1) is 8.49. The van der Waals surface area contributed by atoms with Crippen molar-refractivity contribution in [2.24, 2.45) is 0 Å². The summed E-state index contributed by atoms with van der Waals surface area (Å²) in [6.45, 7) is 0. The number of fused-ring (bicyclic) bond motifs is 1. The number of para-hydroxylation sites is 1. The summed E-state index contributed by atoms with van der Waals surface area (Å²) in [4.78, 5) is 0. The predicted molar refractivity (Wildman–Crippen MR) is 58.4 cm³/mol. The fourth-order valence-corrected chi connectivity index (χ4v) is 2.05. The maximum Gasteiger partial charge on any atom is 0.277 e. The van der Waals surface area contributed by atoms with Crippen molar-refractivity contribution in [2.75, 3.05) is 0 Å². The monoisotopic (exact) mass is 217 g/mol. The van der Waals surface area contributed by atoms with Crippen LogP contribution in [0.3, 0.4) is 0 Å². The van der Waals surface area contributed by atoms with Crippen LogP contribution >= 0.6 is 11.3 Å². The minimum Gasteiger partial charge on any atom is -0.435 e. The lowest BCUT2D eigenvalue weighted by atomic mass is 10.3. The van der Waals surface area contributed by atoms with E-state index >= 15 is 0 Å². The van der Waals surface area contributed by atoms with Crippen molar-refractivity contribution in [3.63, 3.8) is 0 Å². The summed E-state index contributed by atoms with van der Waals surface area (Å²) >= 11 is 1.56. The number of rotatable bonds is 2. The van der Waals surface area contributed by atoms with E-state index in [1.807, 2.05) is 41.8 Å². The number of benzene rings is 1. The molecular formula is C11H7NO2S. The van der Waals surface area contributed by atoms with Gasteiger partial charge in [0.15, 0.2) is 5.58 Å². The molecule has 0 radical (unpaired) electrons. The van der Waals surface area contributed by atoms with Crippen LogP contribution in [0.2, 0.25) is 0 Å². The standard InChI is InChI=1S/C11H7NO2S/c1-2-4-8(5-3-1)13-11-10-9(14-12-11)6-7-15-10/h1-7H. The highest BCUT2D eigenvalue weighted by atomic mass is 32.1. The third kappa shape index (κ3) is 1.49. The van der Waals surface area contributed by atoms with E-state index in [2.05, 4.69) is 5.16 Å². The van der Waals surface area contributed by atoms with Gasteiger partial charge in [0.1, 0.15) is 10.4 Å². The lowest BCUT2D eigenvalue weighted by molar-refractivity contribution is 0.384. The molecule has 74 valence electrons. The molecular weight excluding hydrogens is 210 g/mol. The van der Waals surface area contributed by atoms with Gasteiger partial charge in [-0.05, 0) is 28.7 Å². The number of aromatic nitrogens is 1. The predicted octanol–water partition coefficient (Wildman–Crippen LogP) is 3.68. The van der Waals surface area contributed by atoms with Gasteiger partial charge < -0.3 is 9.26 Å². The first-order valence-electron chi connectivity index (χ1n) is 4.49. The van der Waals surface area contributed by atoms with E-state index in [9.17, 15) is 0 Å². The maximum atomic E-state index is 5.60. The van der Waals surface area contributed by atoms with E-state index in [-0.39, 0.29) is 0 Å². The van der Waals surface area contributed by atoms with Gasteiger partial charge in [-0.2, -0.15) is 0 Å². The number of ether oxygens (including phenoxy) is 1. The Hall–Kier alpha value is -1.81. The molecule has 0 N–H and O–H groups in total. The third-order valence-corrected chi connectivity index (χ3v) is 2.89. The highest BCUT2D eigenvalue weighted by molar-refractivity contribution is 7.17. The van der Waals surface area contributed by atoms with Crippen LogP contribution in [-0.2, 0) is 0 Å². The Morgan fingerprint density at radius 1 is 1.13 bits per heavy atom. The molecule has 2 aromatic heterocycles. The Morgan fingerprint density at radius 3 is 2.87 bits per heavy atom. The lowest BCUT2D eigenvalue weighted by Gasteiger charge is -1.99. The Labute approximate surface area is 89.9 Å². The SMILES string of the molecule is c1ccc(Oc2noc3ccsc23)cc1. The topological polar surface area (TPSA) is 35.3 Å². The van der Waals surface area contributed by atoms with Gasteiger partial charge in [0.25, 0.3) is 5.88 Å². The van der Waals surface area contributed by atoms with Gasteiger partial charge >= 0.3 is 0 Å². The van der Waals surface area contributed by atoms with E-state index in [1.54, 1.807) is 11.3 Å². The number of hydrogen-bond donors (Lipinski definition) is 0. The molecule has 3 aromatic rings. The van der Waals surface area contributed by atoms with Crippen LogP contribution in [0.1, 0.15) is 0 Å². The molecule has 0 unspecified atom stereocenters. The third-order valence-electron chi connectivity index (χ3n) is 2.01. The van der Waals surface area contributed by atoms with Gasteiger partial charge in [0, 0.05) is 0 Å². The molecule has 4 heteroatoms. The number of hydrogen-bond acceptors (Lipinski definition) is 4. The van der Waals surface area contributed by atoms with Crippen LogP contribution in [-0.4, -0.2) is 5.16 Å². The minimum absolute atomic E-state index is 0.534. The van der Waals surface area contributed by atoms with Crippen molar-refractivity contribution >= 4 is 21.6 Å². The first-order valence-corrected chi connectivity index (χ1v) is 5.37. The molecule has 15 heavy (non-hydrogen) atoms. The zero-order valence-corrected chi connectivity index (χ0v) is 8.53. The molecule has 0 spiro atoms. The van der Waals surface area contributed by atoms with Crippen molar-refractivity contribution in [1.29, 1.82) is 0 Å². The van der Waals surface area contributed by atoms with Crippen LogP contribution in [0.5, 0.6) is 11.6 Å². The van der Waals surface area contributed by atoms with Gasteiger partial charge in [-0.3, -0.25) is 0 Å². The molecule has 0 amide bonds. The average Bonchev–Trinajstić information content (AvgIpc) is 2.85. The molecule has 0 bridgehead atoms. The van der Waals surface area contributed by atoms with Gasteiger partial charge in [-0.1, -0.05) is 18.2 Å². The van der Waals surface area contributed by atoms with Gasteiger partial charge in [0.2, 0.25) is 0 Å². The van der Waals surface area contributed by atoms with E-state index < -0.39 is 0 Å². The van der Waals surface area contributed by atoms with Crippen LogP contribution in [0, 0.1) is 0 Å². The maximum absolute atomic E-state index is 5.60. The minimum atomic E-state index is 0.534. The van der Waals surface area contributed by atoms with Crippen molar-refractivity contribution in [3.8, 4) is 11.6 Å². The van der Waals surface area contributed by atoms with Crippen molar-refractivity contribution in [2.45, 2.75) is 0 Å². The molecule has 0 saturated heterocycles. The van der Waals surface area contributed by atoms with Crippen molar-refractivity contribution in [1.82, 2.24) is 5.16 Å². The molecule has 0 aliphatic heterocycles. The second kappa shape index (κ2) is 3.40. The van der Waals surface area contributed by atoms with Crippen molar-refractivity contribution in [3.05, 3.63) is 41.8 Å². The largest absolute Gasteiger partial charge is 0.435 e. The average molecular weight is 217 g/mol. The zero-order valence-electron chi connectivity index (χ0n) is 7.71. The fourth-order valence-electron chi connectivity index (χ4n) is 1.32. The highest BCUT2D eigenvalue weighted by Crippen LogP contribution is 2.32. The summed E-state index contributed by atoms with van der Waals surface area (Å²) in [5.74, 6) is 1.30. The normalized spacial score (nSPS) is 10.7. The number of nitrogens with zero attached hydrogens (tertiary/aromatic N) is 1. The van der Waals surface area contributed by atoms with E-state index in [1.165, 1.54) is 0 Å². The van der Waals surface area contributed by atoms with E-state index in [0.717, 1.165) is 16.0 Å². The smallest absolute Gasteiger partial charge is 0.277 e. The molecule has 3 nitrogen and oxygen atoms in total. The molecule has 0 aliphatic carbocycles. The van der Waals surface area contributed by atoms with Gasteiger partial charge in [0.05, 0.1) is 0 Å². The summed E-state index contributed by atoms with van der Waals surface area (Å²) < 4.78 is 11.6. The Balaban J connectivity index is 1.99. The fraction of sp³-hybridized carbons (Fsp3) is 0. The van der Waals surface area contributed by atoms with E-state index in [0.29, 0.717) is 5.88 Å². The van der Waals surface area contributed by atoms with Gasteiger partial charge in [-0.25, -0.2) is 0 Å². The Bertz CT molecular complexity index is 570. The molecule has 0 fully saturated rings. The van der Waals surface area contributed by atoms with Crippen LogP contribution in [0.4, 0.5) is 0 Å². The highest BCUT2D eigenvalue weighted by Gasteiger charge is 2.10. The second-order valence-corrected chi connectivity index (χ2v) is 3.93. The molecule has 3 rings (SSSR count). The molecule has 1 aromatic carbocycles. The Morgan fingerprint density at radius 2 is 2.00 bits per heavy atom. The quantitative estimate of drug-likeness (QED) is 0.656. The molecule has 2 heterocycles. The summed E-state index contributed by atoms with van der Waals surface area (Å²) in [7, 11) is 0. The molecule has 0 aliphatic rings. The zero-order chi connectivity index (χ0) is 10.1. The summed E-state index contributed by atoms with van der Waals surface area (Å²) in [5.41, 5.74) is 0.769. The summed E-state index contributed by atoms with van der Waals surface area (Å²) in [6, 6.07) is 11.4. The molecule has 0 saturated carbocycles. The van der Waals surface area contributed by atoms with E-state index in [4.69, 9.17) is 9.26 Å². The first-order chi connectivity index (χ1) is 7.43. The summed E-state index contributed by atoms with van der Waals surface area (Å²) in [5, 5.41) is 5.82. The second-order valence-electron chi connectivity index (χ2n) is 3.02. The molecule has 0 atom stereocenters. The van der Waals surface area contributed by atoms with Crippen molar-refractivity contribution < 1.29 is 9.26 Å². The van der Waals surface area contributed by atoms with Crippen LogP contribution in [0.25, 0.3) is 10.3 Å². The van der Waals surface area contributed by atoms with Crippen LogP contribution in [0.15, 0.2) is 46.3 Å². The summed E-state index contributed by atoms with van der Waals surface area (Å²) in [6.07, 6.45) is 0. The van der Waals surface area contributed by atoms with Gasteiger partial charge in [-0.15, -0.1) is 11.3 Å².